The zero-order valence-electron chi connectivity index (χ0n) is 12.1. The fraction of sp³-hybridized carbons (Fsp3) is 0.118. The van der Waals surface area contributed by atoms with Gasteiger partial charge in [0, 0.05) is 0 Å². The third-order valence-electron chi connectivity index (χ3n) is 3.28. The van der Waals surface area contributed by atoms with Crippen LogP contribution in [0.2, 0.25) is 0 Å². The van der Waals surface area contributed by atoms with Crippen LogP contribution in [0.1, 0.15) is 17.0 Å². The van der Waals surface area contributed by atoms with Crippen molar-refractivity contribution in [3.8, 4) is 5.75 Å². The highest BCUT2D eigenvalue weighted by Gasteiger charge is 2.06. The van der Waals surface area contributed by atoms with Crippen molar-refractivity contribution in [3.05, 3.63) is 65.5 Å². The fourth-order valence-corrected chi connectivity index (χ4v) is 2.16. The molecule has 2 aromatic carbocycles. The Labute approximate surface area is 127 Å². The van der Waals surface area contributed by atoms with E-state index in [0.717, 1.165) is 28.0 Å². The summed E-state index contributed by atoms with van der Waals surface area (Å²) in [4.78, 5) is 9.13. The van der Waals surface area contributed by atoms with Gasteiger partial charge in [-0.25, -0.2) is 9.97 Å². The van der Waals surface area contributed by atoms with Crippen LogP contribution in [0.25, 0.3) is 11.0 Å². The number of oxime groups is 1. The second-order valence-corrected chi connectivity index (χ2v) is 4.85. The molecular formula is C17H15N3O2. The van der Waals surface area contributed by atoms with Crippen LogP contribution in [0.3, 0.4) is 0 Å². The number of hydrogen-bond donors (Lipinski definition) is 1. The fourth-order valence-electron chi connectivity index (χ4n) is 2.16. The van der Waals surface area contributed by atoms with Crippen LogP contribution in [-0.2, 0) is 6.61 Å². The molecule has 5 heteroatoms. The maximum absolute atomic E-state index is 8.57. The molecule has 0 bridgehead atoms. The molecule has 0 unspecified atom stereocenters. The molecule has 1 aromatic heterocycles. The smallest absolute Gasteiger partial charge is 0.132 e. The molecule has 22 heavy (non-hydrogen) atoms. The number of ether oxygens (including phenoxy) is 1. The van der Waals surface area contributed by atoms with Gasteiger partial charge in [0.1, 0.15) is 12.4 Å². The van der Waals surface area contributed by atoms with Gasteiger partial charge < -0.3 is 9.94 Å². The molecule has 0 radical (unpaired) electrons. The molecular weight excluding hydrogens is 278 g/mol. The van der Waals surface area contributed by atoms with Gasteiger partial charge in [-0.05, 0) is 36.8 Å². The molecule has 0 amide bonds. The van der Waals surface area contributed by atoms with E-state index in [1.54, 1.807) is 6.07 Å². The number of fused-ring (bicyclic) bond motifs is 1. The Kier molecular flexibility index (Phi) is 3.96. The zero-order chi connectivity index (χ0) is 15.4. The van der Waals surface area contributed by atoms with Crippen LogP contribution in [0.4, 0.5) is 0 Å². The van der Waals surface area contributed by atoms with Gasteiger partial charge in [-0.2, -0.15) is 0 Å². The molecule has 0 spiro atoms. The Bertz CT molecular complexity index is 831. The maximum atomic E-state index is 8.57. The number of rotatable bonds is 4. The van der Waals surface area contributed by atoms with E-state index < -0.39 is 0 Å². The highest BCUT2D eigenvalue weighted by Crippen LogP contribution is 2.16. The Balaban J connectivity index is 1.81. The number of aryl methyl sites for hydroxylation is 1. The van der Waals surface area contributed by atoms with Crippen LogP contribution in [0.15, 0.2) is 53.7 Å². The lowest BCUT2D eigenvalue weighted by atomic mass is 10.2. The Morgan fingerprint density at radius 2 is 1.86 bits per heavy atom. The Morgan fingerprint density at radius 3 is 2.64 bits per heavy atom. The first kappa shape index (κ1) is 14.0. The number of para-hydroxylation sites is 2. The summed E-state index contributed by atoms with van der Waals surface area (Å²) in [5.41, 5.74) is 4.16. The number of hydrogen-bond acceptors (Lipinski definition) is 5. The summed E-state index contributed by atoms with van der Waals surface area (Å²) < 4.78 is 5.76. The summed E-state index contributed by atoms with van der Waals surface area (Å²) in [5, 5.41) is 11.6. The van der Waals surface area contributed by atoms with Crippen LogP contribution in [0, 0.1) is 6.92 Å². The molecule has 3 rings (SSSR count). The third kappa shape index (κ3) is 3.03. The minimum atomic E-state index is 0.337. The molecule has 0 fully saturated rings. The zero-order valence-corrected chi connectivity index (χ0v) is 12.1. The highest BCUT2D eigenvalue weighted by atomic mass is 16.5. The number of nitrogens with zero attached hydrogens (tertiary/aromatic N) is 3. The van der Waals surface area contributed by atoms with Crippen molar-refractivity contribution in [2.45, 2.75) is 13.5 Å². The summed E-state index contributed by atoms with van der Waals surface area (Å²) in [5.74, 6) is 0.687. The van der Waals surface area contributed by atoms with E-state index in [9.17, 15) is 0 Å². The number of aromatic nitrogens is 2. The van der Waals surface area contributed by atoms with Gasteiger partial charge in [-0.3, -0.25) is 0 Å². The van der Waals surface area contributed by atoms with Crippen LogP contribution < -0.4 is 4.74 Å². The first-order valence-corrected chi connectivity index (χ1v) is 6.89. The average molecular weight is 293 g/mol. The van der Waals surface area contributed by atoms with Crippen LogP contribution >= 0.6 is 0 Å². The lowest BCUT2D eigenvalue weighted by Gasteiger charge is -2.09. The average Bonchev–Trinajstić information content (AvgIpc) is 2.53. The van der Waals surface area contributed by atoms with Gasteiger partial charge in [-0.1, -0.05) is 29.4 Å². The summed E-state index contributed by atoms with van der Waals surface area (Å²) in [6, 6.07) is 15.1. The summed E-state index contributed by atoms with van der Waals surface area (Å²) in [6.45, 7) is 2.26. The van der Waals surface area contributed by atoms with E-state index in [1.165, 1.54) is 6.21 Å². The van der Waals surface area contributed by atoms with E-state index >= 15 is 0 Å². The molecule has 1 heterocycles. The van der Waals surface area contributed by atoms with Gasteiger partial charge in [0.2, 0.25) is 0 Å². The largest absolute Gasteiger partial charge is 0.487 e. The van der Waals surface area contributed by atoms with Crippen molar-refractivity contribution < 1.29 is 9.94 Å². The van der Waals surface area contributed by atoms with Gasteiger partial charge >= 0.3 is 0 Å². The molecule has 5 nitrogen and oxygen atoms in total. The van der Waals surface area contributed by atoms with Gasteiger partial charge in [0.15, 0.2) is 0 Å². The molecule has 0 saturated heterocycles. The molecule has 110 valence electrons. The summed E-state index contributed by atoms with van der Waals surface area (Å²) in [6.07, 6.45) is 1.36. The summed E-state index contributed by atoms with van der Waals surface area (Å²) in [7, 11) is 0. The van der Waals surface area contributed by atoms with Crippen LogP contribution in [0.5, 0.6) is 5.75 Å². The second kappa shape index (κ2) is 6.22. The first-order chi connectivity index (χ1) is 10.8. The normalized spacial score (nSPS) is 11.1. The SMILES string of the molecule is Cc1nc2ccccc2nc1COc1cccc(C=NO)c1. The molecule has 3 aromatic rings. The van der Waals surface area contributed by atoms with Crippen molar-refractivity contribution in [1.82, 2.24) is 9.97 Å². The predicted octanol–water partition coefficient (Wildman–Crippen LogP) is 3.33. The predicted molar refractivity (Wildman–Crippen MR) is 84.4 cm³/mol. The first-order valence-electron chi connectivity index (χ1n) is 6.89. The molecule has 0 saturated carbocycles. The van der Waals surface area contributed by atoms with E-state index in [4.69, 9.17) is 9.94 Å². The summed E-state index contributed by atoms with van der Waals surface area (Å²) >= 11 is 0. The quantitative estimate of drug-likeness (QED) is 0.455. The molecule has 0 aliphatic rings. The van der Waals surface area contributed by atoms with E-state index in [1.807, 2.05) is 49.4 Å². The van der Waals surface area contributed by atoms with Crippen molar-refractivity contribution in [2.75, 3.05) is 0 Å². The van der Waals surface area contributed by atoms with Crippen LogP contribution in [-0.4, -0.2) is 21.4 Å². The maximum Gasteiger partial charge on any atom is 0.132 e. The van der Waals surface area contributed by atoms with Gasteiger partial charge in [0.25, 0.3) is 0 Å². The minimum Gasteiger partial charge on any atom is -0.487 e. The monoisotopic (exact) mass is 293 g/mol. The highest BCUT2D eigenvalue weighted by molar-refractivity contribution is 5.79. The standard InChI is InChI=1S/C17H15N3O2/c1-12-17(20-16-8-3-2-7-15(16)19-12)11-22-14-6-4-5-13(9-14)10-18-21/h2-10,21H,11H2,1H3. The minimum absolute atomic E-state index is 0.337. The third-order valence-corrected chi connectivity index (χ3v) is 3.28. The van der Waals surface area contributed by atoms with Crippen molar-refractivity contribution in [2.24, 2.45) is 5.16 Å². The van der Waals surface area contributed by atoms with Crippen molar-refractivity contribution in [1.29, 1.82) is 0 Å². The van der Waals surface area contributed by atoms with E-state index in [-0.39, 0.29) is 0 Å². The van der Waals surface area contributed by atoms with Crippen molar-refractivity contribution >= 4 is 17.2 Å². The number of benzene rings is 2. The van der Waals surface area contributed by atoms with E-state index in [2.05, 4.69) is 15.1 Å². The molecule has 0 atom stereocenters. The molecule has 0 aliphatic heterocycles. The Morgan fingerprint density at radius 1 is 1.09 bits per heavy atom. The Hall–Kier alpha value is -2.95. The lowest BCUT2D eigenvalue weighted by Crippen LogP contribution is -2.03. The van der Waals surface area contributed by atoms with Gasteiger partial charge in [-0.15, -0.1) is 0 Å². The molecule has 1 N–H and O–H groups in total. The second-order valence-electron chi connectivity index (χ2n) is 4.85. The lowest BCUT2D eigenvalue weighted by molar-refractivity contribution is 0.300. The van der Waals surface area contributed by atoms with Gasteiger partial charge in [0.05, 0.1) is 28.6 Å². The molecule has 0 aliphatic carbocycles. The topological polar surface area (TPSA) is 67.6 Å². The van der Waals surface area contributed by atoms with E-state index in [0.29, 0.717) is 12.4 Å². The van der Waals surface area contributed by atoms with Crippen molar-refractivity contribution in [3.63, 3.8) is 0 Å².